The van der Waals surface area contributed by atoms with Gasteiger partial charge in [-0.2, -0.15) is 0 Å². The van der Waals surface area contributed by atoms with Crippen LogP contribution in [0.3, 0.4) is 0 Å². The van der Waals surface area contributed by atoms with E-state index in [0.717, 1.165) is 11.0 Å². The van der Waals surface area contributed by atoms with E-state index in [1.807, 2.05) is 24.3 Å². The maximum absolute atomic E-state index is 11.0. The van der Waals surface area contributed by atoms with Crippen LogP contribution in [0.15, 0.2) is 34.7 Å². The molecule has 2 aromatic rings. The third kappa shape index (κ3) is 2.23. The minimum atomic E-state index is -0.539. The molecule has 0 fully saturated rings. The van der Waals surface area contributed by atoms with Crippen LogP contribution in [0.1, 0.15) is 12.7 Å². The molecule has 0 unspecified atom stereocenters. The first-order valence-electron chi connectivity index (χ1n) is 4.97. The van der Waals surface area contributed by atoms with Crippen LogP contribution >= 0.6 is 0 Å². The summed E-state index contributed by atoms with van der Waals surface area (Å²) in [6.07, 6.45) is 0. The molecule has 0 saturated carbocycles. The average Bonchev–Trinajstić information content (AvgIpc) is 2.69. The number of hydrogen-bond acceptors (Lipinski definition) is 3. The van der Waals surface area contributed by atoms with Gasteiger partial charge in [-0.15, -0.1) is 0 Å². The molecule has 0 spiro atoms. The maximum Gasteiger partial charge on any atom is 0.384 e. The second kappa shape index (κ2) is 4.54. The van der Waals surface area contributed by atoms with E-state index in [1.165, 1.54) is 0 Å². The van der Waals surface area contributed by atoms with Gasteiger partial charge in [0.25, 0.3) is 0 Å². The van der Waals surface area contributed by atoms with Gasteiger partial charge >= 0.3 is 5.97 Å². The molecular weight excluding hydrogens is 204 g/mol. The second-order valence-electron chi connectivity index (χ2n) is 3.12. The molecule has 0 atom stereocenters. The predicted molar refractivity (Wildman–Crippen MR) is 59.7 cm³/mol. The lowest BCUT2D eigenvalue weighted by Gasteiger charge is -1.89. The number of hydrogen-bond donors (Lipinski definition) is 0. The molecule has 1 aromatic heterocycles. The van der Waals surface area contributed by atoms with Crippen molar-refractivity contribution in [2.24, 2.45) is 0 Å². The molecular formula is C13H10O3. The van der Waals surface area contributed by atoms with Gasteiger partial charge in [0.05, 0.1) is 6.61 Å². The SMILES string of the molecule is CCOC(=O)C#Cc1cc2ccccc2o1. The molecule has 0 aliphatic rings. The van der Waals surface area contributed by atoms with Gasteiger partial charge in [0.15, 0.2) is 5.76 Å². The zero-order valence-electron chi connectivity index (χ0n) is 8.82. The van der Waals surface area contributed by atoms with Crippen molar-refractivity contribution in [1.29, 1.82) is 0 Å². The van der Waals surface area contributed by atoms with Gasteiger partial charge in [-0.05, 0) is 18.9 Å². The van der Waals surface area contributed by atoms with Crippen LogP contribution in [0, 0.1) is 11.8 Å². The summed E-state index contributed by atoms with van der Waals surface area (Å²) in [5.41, 5.74) is 0.760. The van der Waals surface area contributed by atoms with Crippen LogP contribution in [0.2, 0.25) is 0 Å². The van der Waals surface area contributed by atoms with Crippen LogP contribution in [0.5, 0.6) is 0 Å². The first-order valence-corrected chi connectivity index (χ1v) is 4.97. The maximum atomic E-state index is 11.0. The zero-order valence-corrected chi connectivity index (χ0v) is 8.82. The molecule has 0 radical (unpaired) electrons. The summed E-state index contributed by atoms with van der Waals surface area (Å²) < 4.78 is 10.1. The van der Waals surface area contributed by atoms with E-state index in [-0.39, 0.29) is 0 Å². The molecule has 0 saturated heterocycles. The minimum Gasteiger partial charge on any atom is -0.456 e. The topological polar surface area (TPSA) is 39.4 Å². The normalized spacial score (nSPS) is 9.56. The molecule has 0 N–H and O–H groups in total. The standard InChI is InChI=1S/C13H10O3/c1-2-15-13(14)8-7-11-9-10-5-3-4-6-12(10)16-11/h3-6,9H,2H2,1H3. The van der Waals surface area contributed by atoms with Crippen molar-refractivity contribution in [3.63, 3.8) is 0 Å². The molecule has 0 amide bonds. The summed E-state index contributed by atoms with van der Waals surface area (Å²) in [5, 5.41) is 0.968. The fraction of sp³-hybridized carbons (Fsp3) is 0.154. The average molecular weight is 214 g/mol. The van der Waals surface area contributed by atoms with Crippen LogP contribution in [-0.4, -0.2) is 12.6 Å². The number of fused-ring (bicyclic) bond motifs is 1. The Morgan fingerprint density at radius 3 is 3.00 bits per heavy atom. The first-order chi connectivity index (χ1) is 7.79. The second-order valence-corrected chi connectivity index (χ2v) is 3.12. The van der Waals surface area contributed by atoms with Crippen molar-refractivity contribution in [3.05, 3.63) is 36.1 Å². The number of carbonyl (C=O) groups excluding carboxylic acids is 1. The van der Waals surface area contributed by atoms with Gasteiger partial charge in [0, 0.05) is 17.4 Å². The molecule has 1 heterocycles. The number of esters is 1. The molecule has 3 nitrogen and oxygen atoms in total. The molecule has 1 aromatic carbocycles. The lowest BCUT2D eigenvalue weighted by Crippen LogP contribution is -1.99. The fourth-order valence-corrected chi connectivity index (χ4v) is 1.32. The summed E-state index contributed by atoms with van der Waals surface area (Å²) in [6, 6.07) is 9.37. The largest absolute Gasteiger partial charge is 0.456 e. The molecule has 0 aliphatic carbocycles. The van der Waals surface area contributed by atoms with E-state index in [4.69, 9.17) is 4.42 Å². The summed E-state index contributed by atoms with van der Waals surface area (Å²) in [5.74, 6) is 4.91. The highest BCUT2D eigenvalue weighted by Gasteiger charge is 2.00. The smallest absolute Gasteiger partial charge is 0.384 e. The van der Waals surface area contributed by atoms with Gasteiger partial charge in [-0.25, -0.2) is 4.79 Å². The van der Waals surface area contributed by atoms with Gasteiger partial charge in [0.1, 0.15) is 5.58 Å². The summed E-state index contributed by atoms with van der Waals surface area (Å²) in [7, 11) is 0. The number of carbonyl (C=O) groups is 1. The Hall–Kier alpha value is -2.21. The van der Waals surface area contributed by atoms with Crippen molar-refractivity contribution in [2.45, 2.75) is 6.92 Å². The number of rotatable bonds is 1. The van der Waals surface area contributed by atoms with Crippen LogP contribution < -0.4 is 0 Å². The molecule has 3 heteroatoms. The van der Waals surface area contributed by atoms with Crippen LogP contribution in [0.4, 0.5) is 0 Å². The van der Waals surface area contributed by atoms with Gasteiger partial charge in [0.2, 0.25) is 0 Å². The predicted octanol–water partition coefficient (Wildman–Crippen LogP) is 2.35. The van der Waals surface area contributed by atoms with Crippen LogP contribution in [-0.2, 0) is 9.53 Å². The van der Waals surface area contributed by atoms with Crippen molar-refractivity contribution >= 4 is 16.9 Å². The van der Waals surface area contributed by atoms with Crippen molar-refractivity contribution < 1.29 is 13.9 Å². The molecule has 80 valence electrons. The Morgan fingerprint density at radius 1 is 1.44 bits per heavy atom. The van der Waals surface area contributed by atoms with Crippen LogP contribution in [0.25, 0.3) is 11.0 Å². The monoisotopic (exact) mass is 214 g/mol. The number of benzene rings is 1. The Balaban J connectivity index is 2.24. The van der Waals surface area contributed by atoms with Gasteiger partial charge in [-0.3, -0.25) is 0 Å². The quantitative estimate of drug-likeness (QED) is 0.540. The van der Waals surface area contributed by atoms with Gasteiger partial charge in [-0.1, -0.05) is 18.2 Å². The Labute approximate surface area is 93.0 Å². The summed E-state index contributed by atoms with van der Waals surface area (Å²) in [4.78, 5) is 11.0. The highest BCUT2D eigenvalue weighted by Crippen LogP contribution is 2.17. The number of para-hydroxylation sites is 1. The highest BCUT2D eigenvalue weighted by molar-refractivity contribution is 5.89. The third-order valence-corrected chi connectivity index (χ3v) is 1.99. The molecule has 16 heavy (non-hydrogen) atoms. The molecule has 2 rings (SSSR count). The van der Waals surface area contributed by atoms with E-state index < -0.39 is 5.97 Å². The van der Waals surface area contributed by atoms with Crippen molar-refractivity contribution in [3.8, 4) is 11.8 Å². The van der Waals surface area contributed by atoms with E-state index in [1.54, 1.807) is 13.0 Å². The third-order valence-electron chi connectivity index (χ3n) is 1.99. The number of furan rings is 1. The Morgan fingerprint density at radius 2 is 2.25 bits per heavy atom. The first kappa shape index (κ1) is 10.3. The van der Waals surface area contributed by atoms with Gasteiger partial charge < -0.3 is 9.15 Å². The lowest BCUT2D eigenvalue weighted by atomic mass is 10.2. The number of ether oxygens (including phenoxy) is 1. The summed E-state index contributed by atoms with van der Waals surface area (Å²) >= 11 is 0. The summed E-state index contributed by atoms with van der Waals surface area (Å²) in [6.45, 7) is 2.06. The fourth-order valence-electron chi connectivity index (χ4n) is 1.32. The zero-order chi connectivity index (χ0) is 11.4. The van der Waals surface area contributed by atoms with E-state index in [0.29, 0.717) is 12.4 Å². The van der Waals surface area contributed by atoms with Crippen molar-refractivity contribution in [2.75, 3.05) is 6.61 Å². The Bertz CT molecular complexity index is 536. The highest BCUT2D eigenvalue weighted by atomic mass is 16.5. The van der Waals surface area contributed by atoms with E-state index >= 15 is 0 Å². The van der Waals surface area contributed by atoms with E-state index in [2.05, 4.69) is 16.6 Å². The lowest BCUT2D eigenvalue weighted by molar-refractivity contribution is -0.136. The minimum absolute atomic E-state index is 0.327. The molecule has 0 aliphatic heterocycles. The van der Waals surface area contributed by atoms with E-state index in [9.17, 15) is 4.79 Å². The van der Waals surface area contributed by atoms with Crippen molar-refractivity contribution in [1.82, 2.24) is 0 Å². The molecule has 0 bridgehead atoms. The Kier molecular flexibility index (Phi) is 2.93.